The van der Waals surface area contributed by atoms with Gasteiger partial charge in [-0.25, -0.2) is 9.36 Å². The van der Waals surface area contributed by atoms with Gasteiger partial charge in [0.05, 0.1) is 51.9 Å². The molecular formula is C54H66Br2N5O16+. The van der Waals surface area contributed by atoms with Crippen LogP contribution in [0.3, 0.4) is 0 Å². The van der Waals surface area contributed by atoms with E-state index in [2.05, 4.69) is 42.5 Å². The molecule has 0 spiro atoms. The van der Waals surface area contributed by atoms with Gasteiger partial charge in [0, 0.05) is 61.7 Å². The molecule has 5 atom stereocenters. The SMILES string of the molecule is O=C(/C=C/c1ccc[n+](Cc2ccc(O[C@@H]3O[C@H](C(=O)O)[C@@H](O)[C@H](O)[C@H]3O)c(NC(=O)CCNC(=O)CCOCCOCCOCCN3C(=O)C(Br)=C(Br)C3=O)c2)c1)CCCCCC1CCN(C(=O)c2ccccc2)CC1. The normalized spacial score (nSPS) is 20.0. The predicted octanol–water partition coefficient (Wildman–Crippen LogP) is 3.63. The number of carboxylic acids is 1. The molecule has 0 saturated carbocycles. The van der Waals surface area contributed by atoms with Gasteiger partial charge in [0.15, 0.2) is 30.8 Å². The third-order valence-corrected chi connectivity index (χ3v) is 15.0. The van der Waals surface area contributed by atoms with Gasteiger partial charge in [-0.1, -0.05) is 37.5 Å². The minimum Gasteiger partial charge on any atom is -0.479 e. The number of carbonyl (C=O) groups excluding carboxylic acids is 6. The van der Waals surface area contributed by atoms with Gasteiger partial charge >= 0.3 is 5.97 Å². The minimum absolute atomic E-state index is 0.00949. The maximum Gasteiger partial charge on any atom is 0.335 e. The molecule has 5 amide bonds. The molecule has 2 aromatic carbocycles. The highest BCUT2D eigenvalue weighted by molar-refractivity contribution is 9.14. The van der Waals surface area contributed by atoms with Crippen LogP contribution in [0.25, 0.3) is 6.08 Å². The summed E-state index contributed by atoms with van der Waals surface area (Å²) >= 11 is 6.14. The molecule has 2 fully saturated rings. The van der Waals surface area contributed by atoms with Gasteiger partial charge in [-0.2, -0.15) is 0 Å². The number of rotatable bonds is 30. The van der Waals surface area contributed by atoms with Crippen LogP contribution in [0.4, 0.5) is 5.69 Å². The summed E-state index contributed by atoms with van der Waals surface area (Å²) in [4.78, 5) is 90.3. The van der Waals surface area contributed by atoms with Crippen molar-refractivity contribution >= 4 is 84.9 Å². The molecule has 1 aromatic heterocycles. The number of aliphatic hydroxyl groups is 3. The van der Waals surface area contributed by atoms with E-state index >= 15 is 0 Å². The average molecular weight is 1200 g/mol. The van der Waals surface area contributed by atoms with E-state index in [9.17, 15) is 54.0 Å². The number of imide groups is 1. The van der Waals surface area contributed by atoms with Crippen LogP contribution in [0.5, 0.6) is 5.75 Å². The Morgan fingerprint density at radius 1 is 0.766 bits per heavy atom. The van der Waals surface area contributed by atoms with Gasteiger partial charge in [0.1, 0.15) is 33.0 Å². The number of hydrogen-bond acceptors (Lipinski definition) is 15. The van der Waals surface area contributed by atoms with Gasteiger partial charge in [-0.3, -0.25) is 33.7 Å². The third-order valence-electron chi connectivity index (χ3n) is 12.9. The summed E-state index contributed by atoms with van der Waals surface area (Å²) in [6.45, 7) is 3.01. The molecule has 0 aliphatic carbocycles. The molecule has 3 aliphatic heterocycles. The number of amides is 5. The number of ether oxygens (including phenoxy) is 5. The van der Waals surface area contributed by atoms with Crippen LogP contribution in [0.15, 0.2) is 88.1 Å². The lowest BCUT2D eigenvalue weighted by molar-refractivity contribution is -0.688. The Hall–Kier alpha value is -5.76. The molecule has 4 heterocycles. The van der Waals surface area contributed by atoms with Gasteiger partial charge < -0.3 is 59.6 Å². The summed E-state index contributed by atoms with van der Waals surface area (Å²) in [5, 5.41) is 46.2. The van der Waals surface area contributed by atoms with Crippen molar-refractivity contribution in [1.29, 1.82) is 0 Å². The highest BCUT2D eigenvalue weighted by atomic mass is 79.9. The van der Waals surface area contributed by atoms with Crippen molar-refractivity contribution in [2.75, 3.05) is 71.1 Å². The number of benzene rings is 2. The highest BCUT2D eigenvalue weighted by Crippen LogP contribution is 2.32. The van der Waals surface area contributed by atoms with Crippen molar-refractivity contribution in [2.24, 2.45) is 5.92 Å². The Balaban J connectivity index is 0.918. The van der Waals surface area contributed by atoms with E-state index in [0.29, 0.717) is 17.9 Å². The molecule has 3 aliphatic rings. The van der Waals surface area contributed by atoms with Gasteiger partial charge in [0.25, 0.3) is 17.7 Å². The van der Waals surface area contributed by atoms with E-state index in [-0.39, 0.29) is 110 Å². The maximum atomic E-state index is 13.3. The molecule has 3 aromatic rings. The van der Waals surface area contributed by atoms with E-state index in [1.54, 1.807) is 24.3 Å². The lowest BCUT2D eigenvalue weighted by Gasteiger charge is -2.38. The molecule has 6 rings (SSSR count). The standard InChI is InChI=1S/C54H65Br2N5O16/c55-44-45(56)52(70)61(51(44)69)25-27-74-29-31-75-30-28-73-26-20-42(63)57-21-17-43(64)58-40-32-37(14-16-41(40)76-54-48(67)46(65)47(66)49(77-54)53(71)72)34-59-22-7-9-36(33-59)13-15-39(62)12-6-1-3-8-35-18-23-60(24-19-35)50(68)38-10-4-2-5-11-38/h2,4-5,7,9-11,13-16,22,32-33,35,46-49,54,65-67H,1,3,6,8,12,17-21,23-31,34H2,(H2-,57,58,63,64,71,72)/p+1/b15-13+/t46-,47-,48+,49-,54+/m0/s1. The number of aromatic nitrogens is 1. The number of halogens is 2. The number of likely N-dealkylation sites (tertiary alicyclic amines) is 1. The quantitative estimate of drug-likeness (QED) is 0.0241. The van der Waals surface area contributed by atoms with Crippen LogP contribution in [0, 0.1) is 5.92 Å². The fraction of sp³-hybridized carbons (Fsp3) is 0.481. The van der Waals surface area contributed by atoms with Crippen LogP contribution in [-0.4, -0.2) is 168 Å². The number of piperidine rings is 1. The molecule has 416 valence electrons. The number of carbonyl (C=O) groups is 7. The maximum absolute atomic E-state index is 13.3. The largest absolute Gasteiger partial charge is 0.479 e. The second-order valence-electron chi connectivity index (χ2n) is 18.6. The van der Waals surface area contributed by atoms with Crippen molar-refractivity contribution in [3.8, 4) is 5.75 Å². The van der Waals surface area contributed by atoms with Crippen LogP contribution in [0.1, 0.15) is 79.3 Å². The molecule has 77 heavy (non-hydrogen) atoms. The van der Waals surface area contributed by atoms with Gasteiger partial charge in [0.2, 0.25) is 18.1 Å². The van der Waals surface area contributed by atoms with Gasteiger partial charge in [-0.15, -0.1) is 0 Å². The first-order valence-corrected chi connectivity index (χ1v) is 27.2. The summed E-state index contributed by atoms with van der Waals surface area (Å²) in [6, 6.07) is 17.8. The highest BCUT2D eigenvalue weighted by Gasteiger charge is 2.48. The molecule has 0 radical (unpaired) electrons. The number of hydrogen-bond donors (Lipinski definition) is 6. The number of aliphatic carboxylic acids is 1. The summed E-state index contributed by atoms with van der Waals surface area (Å²) in [5.74, 6) is -2.75. The van der Waals surface area contributed by atoms with Crippen LogP contribution >= 0.6 is 31.9 Å². The lowest BCUT2D eigenvalue weighted by Crippen LogP contribution is -2.61. The average Bonchev–Trinajstić information content (AvgIpc) is 3.61. The molecule has 0 bridgehead atoms. The molecular weight excluding hydrogens is 1130 g/mol. The van der Waals surface area contributed by atoms with Crippen LogP contribution in [0.2, 0.25) is 0 Å². The fourth-order valence-corrected chi connectivity index (χ4v) is 9.44. The van der Waals surface area contributed by atoms with E-state index < -0.39 is 54.4 Å². The van der Waals surface area contributed by atoms with Crippen molar-refractivity contribution < 1.29 is 82.2 Å². The molecule has 6 N–H and O–H groups in total. The Kier molecular flexibility index (Phi) is 24.3. The first kappa shape index (κ1) is 60.5. The van der Waals surface area contributed by atoms with E-state index in [1.807, 2.05) is 64.3 Å². The van der Waals surface area contributed by atoms with Gasteiger partial charge in [-0.05, 0) is 106 Å². The molecule has 21 nitrogen and oxygen atoms in total. The minimum atomic E-state index is -1.95. The van der Waals surface area contributed by atoms with E-state index in [0.717, 1.165) is 67.6 Å². The monoisotopic (exact) mass is 1200 g/mol. The number of aliphatic hydroxyl groups excluding tert-OH is 3. The van der Waals surface area contributed by atoms with Crippen molar-refractivity contribution in [1.82, 2.24) is 15.1 Å². The third kappa shape index (κ3) is 18.7. The number of unbranched alkanes of at least 4 members (excludes halogenated alkanes) is 2. The fourth-order valence-electron chi connectivity index (χ4n) is 8.67. The molecule has 0 unspecified atom stereocenters. The van der Waals surface area contributed by atoms with Crippen molar-refractivity contribution in [3.63, 3.8) is 0 Å². The summed E-state index contributed by atoms with van der Waals surface area (Å²) in [7, 11) is 0. The first-order chi connectivity index (χ1) is 37.1. The first-order valence-electron chi connectivity index (χ1n) is 25.6. The number of allylic oxidation sites excluding steroid dienone is 1. The number of ketones is 1. The van der Waals surface area contributed by atoms with Crippen molar-refractivity contribution in [2.45, 2.75) is 95.0 Å². The Labute approximate surface area is 462 Å². The molecule has 2 saturated heterocycles. The van der Waals surface area contributed by atoms with Crippen molar-refractivity contribution in [3.05, 3.63) is 105 Å². The summed E-state index contributed by atoms with van der Waals surface area (Å²) in [5.41, 5.74) is 2.26. The molecule has 23 heteroatoms. The smallest absolute Gasteiger partial charge is 0.335 e. The topological polar surface area (TPSA) is 281 Å². The number of carboxylic acid groups (broad SMARTS) is 1. The summed E-state index contributed by atoms with van der Waals surface area (Å²) < 4.78 is 29.7. The zero-order valence-corrected chi connectivity index (χ0v) is 45.6. The Morgan fingerprint density at radius 3 is 2.16 bits per heavy atom. The number of pyridine rings is 1. The summed E-state index contributed by atoms with van der Waals surface area (Å²) in [6.07, 6.45) is 3.69. The zero-order chi connectivity index (χ0) is 55.3. The van der Waals surface area contributed by atoms with E-state index in [4.69, 9.17) is 23.7 Å². The Morgan fingerprint density at radius 2 is 1.45 bits per heavy atom. The number of nitrogens with zero attached hydrogens (tertiary/aromatic N) is 3. The second kappa shape index (κ2) is 31.0. The van der Waals surface area contributed by atoms with Crippen LogP contribution in [-0.2, 0) is 54.3 Å². The van der Waals surface area contributed by atoms with Crippen LogP contribution < -0.4 is 19.9 Å². The number of nitrogens with one attached hydrogen (secondary N) is 2. The Bertz CT molecular complexity index is 2550. The zero-order valence-electron chi connectivity index (χ0n) is 42.5. The number of anilines is 1. The lowest BCUT2D eigenvalue weighted by atomic mass is 9.90. The van der Waals surface area contributed by atoms with E-state index in [1.165, 1.54) is 6.07 Å². The second-order valence-corrected chi connectivity index (χ2v) is 20.2. The predicted molar refractivity (Wildman–Crippen MR) is 284 cm³/mol.